The van der Waals surface area contributed by atoms with E-state index < -0.39 is 12.0 Å². The molecule has 0 aliphatic carbocycles. The van der Waals surface area contributed by atoms with Gasteiger partial charge in [0, 0.05) is 25.1 Å². The molecule has 3 aromatic rings. The number of aliphatic hydroxyl groups is 1. The van der Waals surface area contributed by atoms with Crippen molar-refractivity contribution in [1.82, 2.24) is 20.1 Å². The molecule has 1 unspecified atom stereocenters. The Labute approximate surface area is 133 Å². The third-order valence-corrected chi connectivity index (χ3v) is 3.38. The Morgan fingerprint density at radius 1 is 1.17 bits per heavy atom. The first-order valence-electron chi connectivity index (χ1n) is 7.20. The first kappa shape index (κ1) is 14.9. The Kier molecular flexibility index (Phi) is 4.44. The number of carbonyl (C=O) groups is 1. The molecule has 3 rings (SSSR count). The fourth-order valence-corrected chi connectivity index (χ4v) is 2.17. The number of pyridine rings is 1. The van der Waals surface area contributed by atoms with Gasteiger partial charge in [-0.05, 0) is 29.3 Å². The van der Waals surface area contributed by atoms with Gasteiger partial charge in [-0.15, -0.1) is 0 Å². The molecule has 0 radical (unpaired) electrons. The molecule has 0 aliphatic rings. The summed E-state index contributed by atoms with van der Waals surface area (Å²) in [5.41, 5.74) is 1.44. The van der Waals surface area contributed by atoms with Gasteiger partial charge in [0.05, 0.1) is 0 Å². The van der Waals surface area contributed by atoms with Gasteiger partial charge < -0.3 is 10.4 Å². The van der Waals surface area contributed by atoms with Crippen LogP contribution in [0.2, 0.25) is 0 Å². The van der Waals surface area contributed by atoms with E-state index in [0.29, 0.717) is 17.9 Å². The SMILES string of the molecule is O=C(NCc1ccnc(-n2cccn2)c1)C(O)c1ccccc1. The fourth-order valence-electron chi connectivity index (χ4n) is 2.17. The van der Waals surface area contributed by atoms with Crippen molar-refractivity contribution < 1.29 is 9.90 Å². The van der Waals surface area contributed by atoms with Gasteiger partial charge in [0.2, 0.25) is 0 Å². The molecular weight excluding hydrogens is 292 g/mol. The van der Waals surface area contributed by atoms with Gasteiger partial charge in [0.15, 0.2) is 11.9 Å². The number of benzene rings is 1. The second-order valence-electron chi connectivity index (χ2n) is 5.00. The van der Waals surface area contributed by atoms with E-state index in [9.17, 15) is 9.90 Å². The molecule has 1 atom stereocenters. The molecule has 0 aliphatic heterocycles. The zero-order valence-corrected chi connectivity index (χ0v) is 12.3. The zero-order valence-electron chi connectivity index (χ0n) is 12.3. The number of aliphatic hydroxyl groups excluding tert-OH is 1. The molecule has 0 saturated heterocycles. The van der Waals surface area contributed by atoms with E-state index >= 15 is 0 Å². The van der Waals surface area contributed by atoms with Crippen LogP contribution in [-0.2, 0) is 11.3 Å². The Balaban J connectivity index is 1.64. The maximum atomic E-state index is 12.0. The van der Waals surface area contributed by atoms with Crippen molar-refractivity contribution in [3.8, 4) is 5.82 Å². The number of rotatable bonds is 5. The molecule has 2 heterocycles. The summed E-state index contributed by atoms with van der Waals surface area (Å²) >= 11 is 0. The van der Waals surface area contributed by atoms with Gasteiger partial charge in [-0.25, -0.2) is 9.67 Å². The lowest BCUT2D eigenvalue weighted by atomic mass is 10.1. The van der Waals surface area contributed by atoms with Crippen LogP contribution in [0.3, 0.4) is 0 Å². The second kappa shape index (κ2) is 6.85. The highest BCUT2D eigenvalue weighted by molar-refractivity contribution is 5.81. The molecule has 0 fully saturated rings. The number of hydrogen-bond donors (Lipinski definition) is 2. The topological polar surface area (TPSA) is 80.0 Å². The minimum absolute atomic E-state index is 0.305. The van der Waals surface area contributed by atoms with Gasteiger partial charge in [-0.2, -0.15) is 5.10 Å². The summed E-state index contributed by atoms with van der Waals surface area (Å²) in [5.74, 6) is 0.235. The number of amides is 1. The average Bonchev–Trinajstić information content (AvgIpc) is 3.15. The van der Waals surface area contributed by atoms with E-state index in [1.807, 2.05) is 24.3 Å². The van der Waals surface area contributed by atoms with Crippen LogP contribution in [0.15, 0.2) is 67.1 Å². The minimum atomic E-state index is -1.18. The van der Waals surface area contributed by atoms with Crippen molar-refractivity contribution in [2.75, 3.05) is 0 Å². The summed E-state index contributed by atoms with van der Waals surface area (Å²) in [7, 11) is 0. The number of hydrogen-bond acceptors (Lipinski definition) is 4. The summed E-state index contributed by atoms with van der Waals surface area (Å²) in [5, 5.41) is 16.9. The van der Waals surface area contributed by atoms with Gasteiger partial charge in [-0.3, -0.25) is 4.79 Å². The molecule has 6 heteroatoms. The number of nitrogens with zero attached hydrogens (tertiary/aromatic N) is 3. The highest BCUT2D eigenvalue weighted by atomic mass is 16.3. The summed E-state index contributed by atoms with van der Waals surface area (Å²) in [4.78, 5) is 16.3. The summed E-state index contributed by atoms with van der Waals surface area (Å²) in [6.45, 7) is 0.305. The van der Waals surface area contributed by atoms with Crippen LogP contribution in [0.25, 0.3) is 5.82 Å². The smallest absolute Gasteiger partial charge is 0.253 e. The third kappa shape index (κ3) is 3.61. The molecule has 1 aromatic carbocycles. The molecule has 1 amide bonds. The van der Waals surface area contributed by atoms with Crippen molar-refractivity contribution >= 4 is 5.91 Å². The maximum Gasteiger partial charge on any atom is 0.253 e. The van der Waals surface area contributed by atoms with Crippen LogP contribution in [-0.4, -0.2) is 25.8 Å². The van der Waals surface area contributed by atoms with E-state index in [0.717, 1.165) is 5.56 Å². The van der Waals surface area contributed by atoms with Crippen molar-refractivity contribution in [2.24, 2.45) is 0 Å². The van der Waals surface area contributed by atoms with E-state index in [-0.39, 0.29) is 0 Å². The highest BCUT2D eigenvalue weighted by Crippen LogP contribution is 2.12. The lowest BCUT2D eigenvalue weighted by Gasteiger charge is -2.12. The first-order chi connectivity index (χ1) is 11.2. The second-order valence-corrected chi connectivity index (χ2v) is 5.00. The summed E-state index contributed by atoms with van der Waals surface area (Å²) < 4.78 is 1.64. The van der Waals surface area contributed by atoms with E-state index in [1.165, 1.54) is 0 Å². The standard InChI is InChI=1S/C17H16N4O2/c22-16(14-5-2-1-3-6-14)17(23)19-12-13-7-9-18-15(11-13)21-10-4-8-20-21/h1-11,16,22H,12H2,(H,19,23). The van der Waals surface area contributed by atoms with Crippen molar-refractivity contribution in [2.45, 2.75) is 12.6 Å². The molecule has 0 spiro atoms. The molecule has 116 valence electrons. The molecular formula is C17H16N4O2. The molecule has 2 N–H and O–H groups in total. The maximum absolute atomic E-state index is 12.0. The van der Waals surface area contributed by atoms with Gasteiger partial charge in [-0.1, -0.05) is 30.3 Å². The largest absolute Gasteiger partial charge is 0.378 e. The normalized spacial score (nSPS) is 11.9. The predicted octanol–water partition coefficient (Wildman–Crippen LogP) is 1.62. The Morgan fingerprint density at radius 3 is 2.74 bits per heavy atom. The summed E-state index contributed by atoms with van der Waals surface area (Å²) in [6, 6.07) is 14.3. The average molecular weight is 308 g/mol. The Morgan fingerprint density at radius 2 is 2.00 bits per heavy atom. The monoisotopic (exact) mass is 308 g/mol. The highest BCUT2D eigenvalue weighted by Gasteiger charge is 2.16. The lowest BCUT2D eigenvalue weighted by Crippen LogP contribution is -2.28. The minimum Gasteiger partial charge on any atom is -0.378 e. The van der Waals surface area contributed by atoms with Crippen molar-refractivity contribution in [3.63, 3.8) is 0 Å². The number of carbonyl (C=O) groups excluding carboxylic acids is 1. The van der Waals surface area contributed by atoms with Gasteiger partial charge >= 0.3 is 0 Å². The zero-order chi connectivity index (χ0) is 16.1. The van der Waals surface area contributed by atoms with E-state index in [2.05, 4.69) is 15.4 Å². The van der Waals surface area contributed by atoms with Gasteiger partial charge in [0.25, 0.3) is 5.91 Å². The molecule has 23 heavy (non-hydrogen) atoms. The van der Waals surface area contributed by atoms with E-state index in [4.69, 9.17) is 0 Å². The molecule has 6 nitrogen and oxygen atoms in total. The fraction of sp³-hybridized carbons (Fsp3) is 0.118. The van der Waals surface area contributed by atoms with Crippen LogP contribution in [0.1, 0.15) is 17.2 Å². The number of nitrogens with one attached hydrogen (secondary N) is 1. The van der Waals surface area contributed by atoms with Crippen LogP contribution >= 0.6 is 0 Å². The first-order valence-corrected chi connectivity index (χ1v) is 7.20. The Bertz CT molecular complexity index is 772. The molecule has 0 bridgehead atoms. The van der Waals surface area contributed by atoms with Gasteiger partial charge in [0.1, 0.15) is 0 Å². The summed E-state index contributed by atoms with van der Waals surface area (Å²) in [6.07, 6.45) is 3.95. The third-order valence-electron chi connectivity index (χ3n) is 3.38. The number of aromatic nitrogens is 3. The van der Waals surface area contributed by atoms with Crippen LogP contribution in [0.4, 0.5) is 0 Å². The van der Waals surface area contributed by atoms with Crippen molar-refractivity contribution in [3.05, 3.63) is 78.2 Å². The lowest BCUT2D eigenvalue weighted by molar-refractivity contribution is -0.129. The van der Waals surface area contributed by atoms with Crippen molar-refractivity contribution in [1.29, 1.82) is 0 Å². The molecule has 2 aromatic heterocycles. The quantitative estimate of drug-likeness (QED) is 0.750. The van der Waals surface area contributed by atoms with Crippen LogP contribution < -0.4 is 5.32 Å². The van der Waals surface area contributed by atoms with Crippen LogP contribution in [0, 0.1) is 0 Å². The Hall–Kier alpha value is -2.99. The van der Waals surface area contributed by atoms with Crippen LogP contribution in [0.5, 0.6) is 0 Å². The molecule has 0 saturated carbocycles. The van der Waals surface area contributed by atoms with E-state index in [1.54, 1.807) is 47.5 Å². The predicted molar refractivity (Wildman–Crippen MR) is 84.6 cm³/mol.